The zero-order valence-electron chi connectivity index (χ0n) is 12.4. The van der Waals surface area contributed by atoms with Gasteiger partial charge in [-0.25, -0.2) is 0 Å². The van der Waals surface area contributed by atoms with E-state index in [1.54, 1.807) is 19.9 Å². The number of anilines is 1. The summed E-state index contributed by atoms with van der Waals surface area (Å²) in [7, 11) is 0. The Bertz CT molecular complexity index is 450. The molecule has 1 atom stereocenters. The van der Waals surface area contributed by atoms with Crippen LogP contribution in [0.2, 0.25) is 0 Å². The molecule has 0 bridgehead atoms. The van der Waals surface area contributed by atoms with E-state index in [1.165, 1.54) is 0 Å². The molecule has 0 aliphatic carbocycles. The van der Waals surface area contributed by atoms with Crippen LogP contribution < -0.4 is 10.6 Å². The lowest BCUT2D eigenvalue weighted by molar-refractivity contribution is 0.0649. The van der Waals surface area contributed by atoms with Crippen molar-refractivity contribution >= 4 is 11.6 Å². The van der Waals surface area contributed by atoms with Crippen LogP contribution in [0.3, 0.4) is 0 Å². The topological polar surface area (TPSA) is 61.4 Å². The Hall–Kier alpha value is -1.55. The summed E-state index contributed by atoms with van der Waals surface area (Å²) in [6.45, 7) is 9.90. The van der Waals surface area contributed by atoms with Crippen LogP contribution in [0.4, 0.5) is 5.69 Å². The maximum Gasteiger partial charge on any atom is 0.251 e. The maximum atomic E-state index is 11.8. The number of hydrogen-bond acceptors (Lipinski definition) is 3. The van der Waals surface area contributed by atoms with E-state index in [-0.39, 0.29) is 11.9 Å². The van der Waals surface area contributed by atoms with Crippen molar-refractivity contribution in [3.63, 3.8) is 0 Å². The highest BCUT2D eigenvalue weighted by molar-refractivity contribution is 5.95. The van der Waals surface area contributed by atoms with Crippen molar-refractivity contribution < 1.29 is 9.90 Å². The Morgan fingerprint density at radius 1 is 1.42 bits per heavy atom. The van der Waals surface area contributed by atoms with Gasteiger partial charge in [-0.2, -0.15) is 0 Å². The van der Waals surface area contributed by atoms with Crippen LogP contribution in [0, 0.1) is 6.92 Å². The number of carbonyl (C=O) groups excluding carboxylic acids is 1. The van der Waals surface area contributed by atoms with E-state index in [2.05, 4.69) is 10.6 Å². The van der Waals surface area contributed by atoms with Crippen LogP contribution in [0.25, 0.3) is 0 Å². The lowest BCUT2D eigenvalue weighted by Gasteiger charge is -2.28. The highest BCUT2D eigenvalue weighted by Gasteiger charge is 2.22. The quantitative estimate of drug-likeness (QED) is 0.765. The molecule has 1 aromatic rings. The van der Waals surface area contributed by atoms with E-state index < -0.39 is 5.60 Å². The Labute approximate surface area is 115 Å². The minimum atomic E-state index is -0.825. The Morgan fingerprint density at radius 2 is 2.05 bits per heavy atom. The van der Waals surface area contributed by atoms with E-state index in [4.69, 9.17) is 0 Å². The van der Waals surface area contributed by atoms with Crippen molar-refractivity contribution in [1.82, 2.24) is 5.32 Å². The Kier molecular flexibility index (Phi) is 4.95. The molecule has 0 spiro atoms. The molecule has 0 aromatic heterocycles. The molecule has 106 valence electrons. The first kappa shape index (κ1) is 15.5. The molecule has 0 aliphatic heterocycles. The fourth-order valence-electron chi connectivity index (χ4n) is 1.59. The predicted octanol–water partition coefficient (Wildman–Crippen LogP) is 2.32. The van der Waals surface area contributed by atoms with E-state index in [0.717, 1.165) is 11.3 Å². The second kappa shape index (κ2) is 6.06. The normalized spacial score (nSPS) is 12.9. The van der Waals surface area contributed by atoms with Gasteiger partial charge in [0.25, 0.3) is 5.91 Å². The number of benzene rings is 1. The summed E-state index contributed by atoms with van der Waals surface area (Å²) in [6, 6.07) is 5.42. The third-order valence-corrected chi connectivity index (χ3v) is 3.27. The number of nitrogens with one attached hydrogen (secondary N) is 2. The first-order valence-corrected chi connectivity index (χ1v) is 6.63. The number of carbonyl (C=O) groups is 1. The SMILES string of the molecule is CCNC(=O)c1ccc(C)c(NC(C)C(C)(C)O)c1. The van der Waals surface area contributed by atoms with Crippen molar-refractivity contribution in [2.24, 2.45) is 0 Å². The zero-order chi connectivity index (χ0) is 14.6. The molecule has 0 fully saturated rings. The van der Waals surface area contributed by atoms with Crippen LogP contribution >= 0.6 is 0 Å². The summed E-state index contributed by atoms with van der Waals surface area (Å²) in [6.07, 6.45) is 0. The van der Waals surface area contributed by atoms with Gasteiger partial charge in [-0.3, -0.25) is 4.79 Å². The summed E-state index contributed by atoms with van der Waals surface area (Å²) >= 11 is 0. The monoisotopic (exact) mass is 264 g/mol. The van der Waals surface area contributed by atoms with E-state index in [1.807, 2.05) is 32.9 Å². The van der Waals surface area contributed by atoms with E-state index in [0.29, 0.717) is 12.1 Å². The largest absolute Gasteiger partial charge is 0.388 e. The first-order chi connectivity index (χ1) is 8.75. The fraction of sp³-hybridized carbons (Fsp3) is 0.533. The molecule has 1 aromatic carbocycles. The Balaban J connectivity index is 2.95. The van der Waals surface area contributed by atoms with Gasteiger partial charge in [0.15, 0.2) is 0 Å². The van der Waals surface area contributed by atoms with Crippen LogP contribution in [-0.4, -0.2) is 29.2 Å². The number of hydrogen-bond donors (Lipinski definition) is 3. The van der Waals surface area contributed by atoms with Gasteiger partial charge in [0.05, 0.1) is 11.6 Å². The highest BCUT2D eigenvalue weighted by atomic mass is 16.3. The van der Waals surface area contributed by atoms with Crippen LogP contribution in [0.1, 0.15) is 43.6 Å². The van der Waals surface area contributed by atoms with Crippen molar-refractivity contribution in [2.75, 3.05) is 11.9 Å². The van der Waals surface area contributed by atoms with Crippen molar-refractivity contribution in [1.29, 1.82) is 0 Å². The summed E-state index contributed by atoms with van der Waals surface area (Å²) in [5.41, 5.74) is 1.72. The van der Waals surface area contributed by atoms with Gasteiger partial charge in [0, 0.05) is 17.8 Å². The third kappa shape index (κ3) is 4.24. The summed E-state index contributed by atoms with van der Waals surface area (Å²) in [4.78, 5) is 11.8. The molecular formula is C15H24N2O2. The average Bonchev–Trinajstić information content (AvgIpc) is 2.30. The third-order valence-electron chi connectivity index (χ3n) is 3.27. The number of aryl methyl sites for hydroxylation is 1. The van der Waals surface area contributed by atoms with Crippen molar-refractivity contribution in [3.05, 3.63) is 29.3 Å². The van der Waals surface area contributed by atoms with Gasteiger partial charge >= 0.3 is 0 Å². The van der Waals surface area contributed by atoms with Gasteiger partial charge in [0.1, 0.15) is 0 Å². The van der Waals surface area contributed by atoms with Gasteiger partial charge in [0.2, 0.25) is 0 Å². The molecule has 0 aliphatic rings. The van der Waals surface area contributed by atoms with Gasteiger partial charge in [-0.15, -0.1) is 0 Å². The van der Waals surface area contributed by atoms with Crippen LogP contribution in [-0.2, 0) is 0 Å². The number of aliphatic hydroxyl groups is 1. The van der Waals surface area contributed by atoms with E-state index >= 15 is 0 Å². The molecule has 1 amide bonds. The van der Waals surface area contributed by atoms with Gasteiger partial charge in [-0.05, 0) is 52.3 Å². The smallest absolute Gasteiger partial charge is 0.251 e. The molecule has 1 rings (SSSR count). The molecule has 19 heavy (non-hydrogen) atoms. The van der Waals surface area contributed by atoms with E-state index in [9.17, 15) is 9.90 Å². The molecule has 3 N–H and O–H groups in total. The molecule has 1 unspecified atom stereocenters. The molecule has 0 saturated carbocycles. The second-order valence-electron chi connectivity index (χ2n) is 5.41. The van der Waals surface area contributed by atoms with Gasteiger partial charge in [-0.1, -0.05) is 6.07 Å². The minimum Gasteiger partial charge on any atom is -0.388 e. The molecule has 0 saturated heterocycles. The minimum absolute atomic E-state index is 0.0820. The molecule has 4 nitrogen and oxygen atoms in total. The van der Waals surface area contributed by atoms with Crippen molar-refractivity contribution in [2.45, 2.75) is 46.3 Å². The zero-order valence-corrected chi connectivity index (χ0v) is 12.4. The lowest BCUT2D eigenvalue weighted by atomic mass is 9.99. The molecule has 0 radical (unpaired) electrons. The molecule has 4 heteroatoms. The predicted molar refractivity (Wildman–Crippen MR) is 78.6 cm³/mol. The summed E-state index contributed by atoms with van der Waals surface area (Å²) in [5, 5.41) is 16.0. The Morgan fingerprint density at radius 3 is 2.58 bits per heavy atom. The highest BCUT2D eigenvalue weighted by Crippen LogP contribution is 2.21. The lowest BCUT2D eigenvalue weighted by Crippen LogP contribution is -2.39. The second-order valence-corrected chi connectivity index (χ2v) is 5.41. The van der Waals surface area contributed by atoms with Crippen LogP contribution in [0.15, 0.2) is 18.2 Å². The van der Waals surface area contributed by atoms with Crippen LogP contribution in [0.5, 0.6) is 0 Å². The standard InChI is InChI=1S/C15H24N2O2/c1-6-16-14(18)12-8-7-10(2)13(9-12)17-11(3)15(4,5)19/h7-9,11,17,19H,6H2,1-5H3,(H,16,18). The fourth-order valence-corrected chi connectivity index (χ4v) is 1.59. The summed E-state index contributed by atoms with van der Waals surface area (Å²) < 4.78 is 0. The van der Waals surface area contributed by atoms with Crippen molar-refractivity contribution in [3.8, 4) is 0 Å². The van der Waals surface area contributed by atoms with Gasteiger partial charge < -0.3 is 15.7 Å². The maximum absolute atomic E-state index is 11.8. The summed E-state index contributed by atoms with van der Waals surface area (Å²) in [5.74, 6) is -0.0820. The molecular weight excluding hydrogens is 240 g/mol. The number of rotatable bonds is 5. The number of amides is 1. The molecule has 0 heterocycles. The average molecular weight is 264 g/mol. The first-order valence-electron chi connectivity index (χ1n) is 6.63.